The van der Waals surface area contributed by atoms with Crippen molar-refractivity contribution in [1.29, 1.82) is 0 Å². The molecule has 5 rings (SSSR count). The van der Waals surface area contributed by atoms with Gasteiger partial charge in [-0.15, -0.1) is 0 Å². The van der Waals surface area contributed by atoms with Crippen LogP contribution >= 0.6 is 0 Å². The maximum absolute atomic E-state index is 12.5. The normalized spacial score (nSPS) is 43.0. The van der Waals surface area contributed by atoms with Gasteiger partial charge in [0.25, 0.3) is 0 Å². The van der Waals surface area contributed by atoms with Crippen LogP contribution in [0.15, 0.2) is 35.2 Å². The number of benzene rings is 1. The van der Waals surface area contributed by atoms with Gasteiger partial charge in [-0.3, -0.25) is 0 Å². The highest BCUT2D eigenvalue weighted by molar-refractivity contribution is 7.83. The summed E-state index contributed by atoms with van der Waals surface area (Å²) in [7, 11) is -1.08. The summed E-state index contributed by atoms with van der Waals surface area (Å²) < 4.78 is 15.8. The van der Waals surface area contributed by atoms with Crippen molar-refractivity contribution in [3.63, 3.8) is 0 Å². The highest BCUT2D eigenvalue weighted by Gasteiger charge is 2.60. The third-order valence-electron chi connectivity index (χ3n) is 11.1. The van der Waals surface area contributed by atoms with Crippen molar-refractivity contribution in [2.75, 3.05) is 6.54 Å². The molecule has 0 amide bonds. The second kappa shape index (κ2) is 9.17. The third kappa shape index (κ3) is 3.94. The fourth-order valence-corrected chi connectivity index (χ4v) is 10.4. The second-order valence-electron chi connectivity index (χ2n) is 12.4. The lowest BCUT2D eigenvalue weighted by Crippen LogP contribution is -2.53. The molecule has 0 aliphatic heterocycles. The first kappa shape index (κ1) is 23.1. The molecule has 178 valence electrons. The van der Waals surface area contributed by atoms with E-state index in [9.17, 15) is 4.21 Å². The quantitative estimate of drug-likeness (QED) is 0.476. The van der Waals surface area contributed by atoms with Crippen molar-refractivity contribution in [3.05, 3.63) is 30.3 Å². The van der Waals surface area contributed by atoms with E-state index in [-0.39, 0.29) is 0 Å². The summed E-state index contributed by atoms with van der Waals surface area (Å²) in [5.74, 6) is 5.53. The van der Waals surface area contributed by atoms with Crippen molar-refractivity contribution in [1.82, 2.24) is 4.72 Å². The van der Waals surface area contributed by atoms with Crippen molar-refractivity contribution in [2.45, 2.75) is 96.3 Å². The Hall–Kier alpha value is -0.670. The van der Waals surface area contributed by atoms with E-state index in [1.165, 1.54) is 64.2 Å². The summed E-state index contributed by atoms with van der Waals surface area (Å²) in [5, 5.41) is 0. The zero-order valence-corrected chi connectivity index (χ0v) is 21.5. The summed E-state index contributed by atoms with van der Waals surface area (Å²) in [4.78, 5) is 0.887. The third-order valence-corrected chi connectivity index (χ3v) is 12.3. The van der Waals surface area contributed by atoms with Crippen LogP contribution in [0, 0.1) is 46.3 Å². The van der Waals surface area contributed by atoms with Crippen LogP contribution in [-0.4, -0.2) is 10.8 Å². The number of hydrogen-bond donors (Lipinski definition) is 1. The van der Waals surface area contributed by atoms with Crippen LogP contribution in [0.2, 0.25) is 0 Å². The summed E-state index contributed by atoms with van der Waals surface area (Å²) in [5.41, 5.74) is 1.19. The highest BCUT2D eigenvalue weighted by atomic mass is 32.2. The van der Waals surface area contributed by atoms with Gasteiger partial charge in [-0.05, 0) is 116 Å². The number of hydrogen-bond acceptors (Lipinski definition) is 1. The number of fused-ring (bicyclic) bond motifs is 5. The van der Waals surface area contributed by atoms with Crippen LogP contribution < -0.4 is 4.72 Å². The van der Waals surface area contributed by atoms with E-state index in [0.717, 1.165) is 47.5 Å². The summed E-state index contributed by atoms with van der Waals surface area (Å²) in [6.07, 6.45) is 16.0. The van der Waals surface area contributed by atoms with Crippen LogP contribution in [0.3, 0.4) is 0 Å². The van der Waals surface area contributed by atoms with Gasteiger partial charge < -0.3 is 0 Å². The lowest BCUT2D eigenvalue weighted by molar-refractivity contribution is -0.114. The van der Waals surface area contributed by atoms with Gasteiger partial charge in [0.2, 0.25) is 0 Å². The molecular weight excluding hydrogens is 410 g/mol. The van der Waals surface area contributed by atoms with Crippen LogP contribution in [0.1, 0.15) is 91.4 Å². The molecular formula is C29H45NOS. The SMILES string of the molecule is CC(CCNS(=O)c1ccccc1)C1CCC2C3CCC4CCCCC4(C)C3CCC12C. The molecule has 32 heavy (non-hydrogen) atoms. The molecule has 1 N–H and O–H groups in total. The minimum Gasteiger partial charge on any atom is -0.238 e. The molecule has 1 aromatic rings. The van der Waals surface area contributed by atoms with Gasteiger partial charge in [0.1, 0.15) is 11.0 Å². The average Bonchev–Trinajstić information content (AvgIpc) is 3.16. The number of nitrogens with one attached hydrogen (secondary N) is 1. The first-order valence-corrected chi connectivity index (χ1v) is 14.8. The largest absolute Gasteiger partial charge is 0.238 e. The number of rotatable bonds is 6. The van der Waals surface area contributed by atoms with Crippen LogP contribution in [0.5, 0.6) is 0 Å². The second-order valence-corrected chi connectivity index (χ2v) is 13.7. The zero-order chi connectivity index (χ0) is 22.3. The Bertz CT molecular complexity index is 811. The van der Waals surface area contributed by atoms with E-state index in [2.05, 4.69) is 25.5 Å². The standard InChI is InChI=1S/C29H45NOS/c1-21(17-20-30-32(31)23-10-5-4-6-11-23)25-14-15-26-24-13-12-22-9-7-8-18-28(22,2)27(24)16-19-29(25,26)3/h4-6,10-11,21-22,24-27,30H,7-9,12-20H2,1-3H3. The molecule has 0 spiro atoms. The summed E-state index contributed by atoms with van der Waals surface area (Å²) in [6.45, 7) is 8.71. The van der Waals surface area contributed by atoms with E-state index >= 15 is 0 Å². The minimum atomic E-state index is -1.08. The Morgan fingerprint density at radius 1 is 0.938 bits per heavy atom. The Labute approximate surface area is 199 Å². The van der Waals surface area contributed by atoms with Gasteiger partial charge in [0.05, 0.1) is 4.90 Å². The highest BCUT2D eigenvalue weighted by Crippen LogP contribution is 2.68. The van der Waals surface area contributed by atoms with Crippen LogP contribution in [0.4, 0.5) is 0 Å². The van der Waals surface area contributed by atoms with Gasteiger partial charge in [0.15, 0.2) is 0 Å². The first-order chi connectivity index (χ1) is 15.4. The van der Waals surface area contributed by atoms with Crippen molar-refractivity contribution in [2.24, 2.45) is 46.3 Å². The van der Waals surface area contributed by atoms with E-state index in [1.54, 1.807) is 0 Å². The molecule has 0 saturated heterocycles. The van der Waals surface area contributed by atoms with E-state index in [1.807, 2.05) is 30.3 Å². The molecule has 0 heterocycles. The topological polar surface area (TPSA) is 29.1 Å². The average molecular weight is 456 g/mol. The van der Waals surface area contributed by atoms with Gasteiger partial charge in [-0.1, -0.05) is 51.8 Å². The fourth-order valence-electron chi connectivity index (χ4n) is 9.48. The van der Waals surface area contributed by atoms with E-state index in [0.29, 0.717) is 16.7 Å². The van der Waals surface area contributed by atoms with Crippen molar-refractivity contribution < 1.29 is 4.21 Å². The van der Waals surface area contributed by atoms with Gasteiger partial charge in [-0.2, -0.15) is 0 Å². The molecule has 4 aliphatic carbocycles. The zero-order valence-electron chi connectivity index (χ0n) is 20.7. The lowest BCUT2D eigenvalue weighted by atomic mass is 9.44. The summed E-state index contributed by atoms with van der Waals surface area (Å²) >= 11 is 0. The Balaban J connectivity index is 1.21. The Kier molecular flexibility index (Phi) is 6.62. The molecule has 9 atom stereocenters. The van der Waals surface area contributed by atoms with Crippen molar-refractivity contribution >= 4 is 11.0 Å². The molecule has 1 aromatic carbocycles. The fraction of sp³-hybridized carbons (Fsp3) is 0.793. The smallest absolute Gasteiger partial charge is 0.124 e. The van der Waals surface area contributed by atoms with Gasteiger partial charge in [0, 0.05) is 6.54 Å². The lowest BCUT2D eigenvalue weighted by Gasteiger charge is -2.61. The van der Waals surface area contributed by atoms with E-state index < -0.39 is 11.0 Å². The molecule has 4 saturated carbocycles. The van der Waals surface area contributed by atoms with Crippen molar-refractivity contribution in [3.8, 4) is 0 Å². The molecule has 0 radical (unpaired) electrons. The molecule has 4 aliphatic rings. The monoisotopic (exact) mass is 455 g/mol. The molecule has 3 heteroatoms. The molecule has 4 fully saturated rings. The maximum atomic E-state index is 12.5. The molecule has 9 unspecified atom stereocenters. The predicted molar refractivity (Wildman–Crippen MR) is 134 cm³/mol. The molecule has 0 bridgehead atoms. The van der Waals surface area contributed by atoms with E-state index in [4.69, 9.17) is 0 Å². The summed E-state index contributed by atoms with van der Waals surface area (Å²) in [6, 6.07) is 9.82. The molecule has 2 nitrogen and oxygen atoms in total. The van der Waals surface area contributed by atoms with Crippen LogP contribution in [-0.2, 0) is 11.0 Å². The predicted octanol–water partition coefficient (Wildman–Crippen LogP) is 7.37. The Morgan fingerprint density at radius 3 is 2.53 bits per heavy atom. The Morgan fingerprint density at radius 2 is 1.72 bits per heavy atom. The van der Waals surface area contributed by atoms with Gasteiger partial charge in [-0.25, -0.2) is 8.93 Å². The first-order valence-electron chi connectivity index (χ1n) is 13.6. The van der Waals surface area contributed by atoms with Crippen LogP contribution in [0.25, 0.3) is 0 Å². The minimum absolute atomic E-state index is 0.539. The maximum Gasteiger partial charge on any atom is 0.124 e. The van der Waals surface area contributed by atoms with Gasteiger partial charge >= 0.3 is 0 Å². The molecule has 0 aromatic heterocycles.